The number of nitrogens with one attached hydrogen (secondary N) is 2. The highest BCUT2D eigenvalue weighted by Gasteiger charge is 2.45. The van der Waals surface area contributed by atoms with E-state index in [-0.39, 0.29) is 22.6 Å². The molecule has 114 valence electrons. The molecule has 0 radical (unpaired) electrons. The minimum absolute atomic E-state index is 0.108. The Bertz CT molecular complexity index is 569. The summed E-state index contributed by atoms with van der Waals surface area (Å²) in [5, 5.41) is 17.0. The Balaban J connectivity index is 2.16. The standard InChI is InChI=1S/C15H21N3O3/c1-4-16-12-7-5-6-11(13(12)18(20)21)14(19)17-9-10-8-15(10,2)3/h5-7,10,16H,4,8-9H2,1-3H3,(H,17,19). The van der Waals surface area contributed by atoms with Gasteiger partial charge in [0.05, 0.1) is 4.92 Å². The first-order valence-electron chi connectivity index (χ1n) is 7.16. The smallest absolute Gasteiger partial charge is 0.305 e. The fraction of sp³-hybridized carbons (Fsp3) is 0.533. The molecular weight excluding hydrogens is 270 g/mol. The van der Waals surface area contributed by atoms with Gasteiger partial charge < -0.3 is 10.6 Å². The normalized spacial score (nSPS) is 18.9. The molecule has 0 aromatic heterocycles. The lowest BCUT2D eigenvalue weighted by atomic mass is 10.1. The number of rotatable bonds is 6. The summed E-state index contributed by atoms with van der Waals surface area (Å²) in [4.78, 5) is 23.0. The summed E-state index contributed by atoms with van der Waals surface area (Å²) in [5.74, 6) is 0.0709. The lowest BCUT2D eigenvalue weighted by Gasteiger charge is -2.10. The van der Waals surface area contributed by atoms with Crippen LogP contribution in [0.3, 0.4) is 0 Å². The maximum absolute atomic E-state index is 12.2. The third-order valence-corrected chi connectivity index (χ3v) is 4.06. The van der Waals surface area contributed by atoms with Gasteiger partial charge in [0.1, 0.15) is 11.3 Å². The van der Waals surface area contributed by atoms with E-state index in [9.17, 15) is 14.9 Å². The van der Waals surface area contributed by atoms with Gasteiger partial charge in [0.2, 0.25) is 0 Å². The highest BCUT2D eigenvalue weighted by atomic mass is 16.6. The van der Waals surface area contributed by atoms with E-state index < -0.39 is 4.92 Å². The second kappa shape index (κ2) is 5.71. The van der Waals surface area contributed by atoms with E-state index in [1.807, 2.05) is 6.92 Å². The van der Waals surface area contributed by atoms with Crippen molar-refractivity contribution in [3.05, 3.63) is 33.9 Å². The summed E-state index contributed by atoms with van der Waals surface area (Å²) in [6, 6.07) is 4.76. The number of hydrogen-bond acceptors (Lipinski definition) is 4. The molecular formula is C15H21N3O3. The molecule has 1 fully saturated rings. The SMILES string of the molecule is CCNc1cccc(C(=O)NCC2CC2(C)C)c1[N+](=O)[O-]. The highest BCUT2D eigenvalue weighted by Crippen LogP contribution is 2.51. The van der Waals surface area contributed by atoms with Crippen LogP contribution in [0.1, 0.15) is 37.6 Å². The van der Waals surface area contributed by atoms with E-state index in [4.69, 9.17) is 0 Å². The first-order chi connectivity index (χ1) is 9.86. The van der Waals surface area contributed by atoms with E-state index in [0.717, 1.165) is 6.42 Å². The predicted molar refractivity (Wildman–Crippen MR) is 81.5 cm³/mol. The number of nitro groups is 1. The van der Waals surface area contributed by atoms with Gasteiger partial charge in [0, 0.05) is 13.1 Å². The van der Waals surface area contributed by atoms with Gasteiger partial charge in [-0.3, -0.25) is 14.9 Å². The van der Waals surface area contributed by atoms with E-state index in [2.05, 4.69) is 24.5 Å². The van der Waals surface area contributed by atoms with Gasteiger partial charge in [-0.2, -0.15) is 0 Å². The third kappa shape index (κ3) is 3.32. The zero-order chi connectivity index (χ0) is 15.6. The van der Waals surface area contributed by atoms with E-state index in [1.54, 1.807) is 12.1 Å². The summed E-state index contributed by atoms with van der Waals surface area (Å²) in [6.07, 6.45) is 1.08. The molecule has 0 spiro atoms. The molecule has 0 saturated heterocycles. The van der Waals surface area contributed by atoms with Crippen molar-refractivity contribution in [3.63, 3.8) is 0 Å². The minimum Gasteiger partial charge on any atom is -0.380 e. The molecule has 2 N–H and O–H groups in total. The summed E-state index contributed by atoms with van der Waals surface area (Å²) < 4.78 is 0. The average Bonchev–Trinajstić information content (AvgIpc) is 3.03. The summed E-state index contributed by atoms with van der Waals surface area (Å²) in [5.41, 5.74) is 0.593. The molecule has 2 rings (SSSR count). The van der Waals surface area contributed by atoms with Crippen molar-refractivity contribution < 1.29 is 9.72 Å². The van der Waals surface area contributed by atoms with Crippen LogP contribution in [0, 0.1) is 21.4 Å². The molecule has 6 nitrogen and oxygen atoms in total. The lowest BCUT2D eigenvalue weighted by molar-refractivity contribution is -0.384. The quantitative estimate of drug-likeness (QED) is 0.623. The second-order valence-electron chi connectivity index (χ2n) is 6.09. The van der Waals surface area contributed by atoms with Gasteiger partial charge in [-0.05, 0) is 36.8 Å². The van der Waals surface area contributed by atoms with Crippen molar-refractivity contribution in [3.8, 4) is 0 Å². The minimum atomic E-state index is -0.506. The molecule has 0 aliphatic heterocycles. The fourth-order valence-electron chi connectivity index (χ4n) is 2.49. The van der Waals surface area contributed by atoms with Gasteiger partial charge in [0.25, 0.3) is 5.91 Å². The maximum Gasteiger partial charge on any atom is 0.305 e. The highest BCUT2D eigenvalue weighted by molar-refractivity contribution is 6.00. The van der Waals surface area contributed by atoms with E-state index >= 15 is 0 Å². The first-order valence-corrected chi connectivity index (χ1v) is 7.16. The molecule has 0 heterocycles. The number of nitro benzene ring substituents is 1. The Hall–Kier alpha value is -2.11. The molecule has 1 saturated carbocycles. The number of carbonyl (C=O) groups excluding carboxylic acids is 1. The zero-order valence-corrected chi connectivity index (χ0v) is 12.6. The molecule has 1 amide bonds. The predicted octanol–water partition coefficient (Wildman–Crippen LogP) is 2.80. The molecule has 1 aromatic carbocycles. The largest absolute Gasteiger partial charge is 0.380 e. The van der Waals surface area contributed by atoms with Crippen LogP contribution in [0.2, 0.25) is 0 Å². The molecule has 1 aliphatic carbocycles. The summed E-state index contributed by atoms with van der Waals surface area (Å²) >= 11 is 0. The van der Waals surface area contributed by atoms with Gasteiger partial charge in [-0.25, -0.2) is 0 Å². The lowest BCUT2D eigenvalue weighted by Crippen LogP contribution is -2.27. The van der Waals surface area contributed by atoms with Crippen LogP contribution < -0.4 is 10.6 Å². The van der Waals surface area contributed by atoms with E-state index in [0.29, 0.717) is 24.7 Å². The van der Waals surface area contributed by atoms with Crippen LogP contribution in [-0.2, 0) is 0 Å². The number of benzene rings is 1. The van der Waals surface area contributed by atoms with Crippen LogP contribution in [0.25, 0.3) is 0 Å². The Kier molecular flexibility index (Phi) is 4.16. The van der Waals surface area contributed by atoms with E-state index in [1.165, 1.54) is 6.07 Å². The Morgan fingerprint density at radius 1 is 1.48 bits per heavy atom. The van der Waals surface area contributed by atoms with Crippen molar-refractivity contribution >= 4 is 17.3 Å². The second-order valence-corrected chi connectivity index (χ2v) is 6.09. The third-order valence-electron chi connectivity index (χ3n) is 4.06. The fourth-order valence-corrected chi connectivity index (χ4v) is 2.49. The topological polar surface area (TPSA) is 84.3 Å². The Labute approximate surface area is 124 Å². The van der Waals surface area contributed by atoms with Crippen molar-refractivity contribution in [1.29, 1.82) is 0 Å². The van der Waals surface area contributed by atoms with Crippen LogP contribution in [-0.4, -0.2) is 23.9 Å². The van der Waals surface area contributed by atoms with Crippen LogP contribution in [0.5, 0.6) is 0 Å². The maximum atomic E-state index is 12.2. The number of anilines is 1. The Morgan fingerprint density at radius 3 is 2.67 bits per heavy atom. The van der Waals surface area contributed by atoms with Gasteiger partial charge in [0.15, 0.2) is 0 Å². The van der Waals surface area contributed by atoms with Gasteiger partial charge in [-0.15, -0.1) is 0 Å². The number of para-hydroxylation sites is 1. The van der Waals surface area contributed by atoms with Gasteiger partial charge >= 0.3 is 5.69 Å². The van der Waals surface area contributed by atoms with Crippen molar-refractivity contribution in [1.82, 2.24) is 5.32 Å². The first kappa shape index (κ1) is 15.3. The molecule has 1 aromatic rings. The molecule has 21 heavy (non-hydrogen) atoms. The number of amides is 1. The monoisotopic (exact) mass is 291 g/mol. The molecule has 0 bridgehead atoms. The van der Waals surface area contributed by atoms with Crippen LogP contribution in [0.4, 0.5) is 11.4 Å². The summed E-state index contributed by atoms with van der Waals surface area (Å²) in [6.45, 7) is 7.28. The zero-order valence-electron chi connectivity index (χ0n) is 12.6. The van der Waals surface area contributed by atoms with Gasteiger partial charge in [-0.1, -0.05) is 19.9 Å². The molecule has 6 heteroatoms. The molecule has 1 aliphatic rings. The van der Waals surface area contributed by atoms with Crippen LogP contribution in [0.15, 0.2) is 18.2 Å². The average molecular weight is 291 g/mol. The number of carbonyl (C=O) groups is 1. The number of hydrogen-bond donors (Lipinski definition) is 2. The van der Waals surface area contributed by atoms with Crippen molar-refractivity contribution in [2.24, 2.45) is 11.3 Å². The number of nitrogens with zero attached hydrogens (tertiary/aromatic N) is 1. The molecule has 1 atom stereocenters. The molecule has 1 unspecified atom stereocenters. The van der Waals surface area contributed by atoms with Crippen molar-refractivity contribution in [2.75, 3.05) is 18.4 Å². The van der Waals surface area contributed by atoms with Crippen LogP contribution >= 0.6 is 0 Å². The summed E-state index contributed by atoms with van der Waals surface area (Å²) in [7, 11) is 0. The Morgan fingerprint density at radius 2 is 2.14 bits per heavy atom. The van der Waals surface area contributed by atoms with Crippen molar-refractivity contribution in [2.45, 2.75) is 27.2 Å².